The SMILES string of the molecule is COc1cccc(-c2n[nH]c3c2[C@H](c2ccc(O)c(OC)c2)NC3=O)c1. The van der Waals surface area contributed by atoms with E-state index in [0.717, 1.165) is 16.7 Å². The van der Waals surface area contributed by atoms with Crippen molar-refractivity contribution in [1.29, 1.82) is 0 Å². The number of aromatic amines is 1. The summed E-state index contributed by atoms with van der Waals surface area (Å²) in [5, 5.41) is 20.0. The van der Waals surface area contributed by atoms with E-state index in [-0.39, 0.29) is 11.7 Å². The lowest BCUT2D eigenvalue weighted by Gasteiger charge is -2.15. The van der Waals surface area contributed by atoms with Crippen LogP contribution in [0.5, 0.6) is 17.2 Å². The van der Waals surface area contributed by atoms with Gasteiger partial charge in [-0.05, 0) is 29.8 Å². The van der Waals surface area contributed by atoms with Crippen LogP contribution in [0.4, 0.5) is 0 Å². The second kappa shape index (κ2) is 6.11. The van der Waals surface area contributed by atoms with Gasteiger partial charge in [0.25, 0.3) is 5.91 Å². The minimum atomic E-state index is -0.396. The van der Waals surface area contributed by atoms with E-state index in [1.54, 1.807) is 25.3 Å². The first kappa shape index (κ1) is 16.0. The van der Waals surface area contributed by atoms with Gasteiger partial charge in [-0.3, -0.25) is 9.89 Å². The van der Waals surface area contributed by atoms with Crippen LogP contribution in [0.25, 0.3) is 11.3 Å². The number of phenols is 1. The third-order valence-electron chi connectivity index (χ3n) is 4.48. The van der Waals surface area contributed by atoms with Gasteiger partial charge < -0.3 is 19.9 Å². The van der Waals surface area contributed by atoms with Gasteiger partial charge in [0.15, 0.2) is 11.5 Å². The van der Waals surface area contributed by atoms with Gasteiger partial charge in [0.2, 0.25) is 0 Å². The van der Waals surface area contributed by atoms with E-state index in [1.165, 1.54) is 7.11 Å². The van der Waals surface area contributed by atoms with Crippen LogP contribution in [0.1, 0.15) is 27.7 Å². The highest BCUT2D eigenvalue weighted by molar-refractivity contribution is 6.00. The maximum Gasteiger partial charge on any atom is 0.270 e. The van der Waals surface area contributed by atoms with Crippen molar-refractivity contribution in [3.63, 3.8) is 0 Å². The summed E-state index contributed by atoms with van der Waals surface area (Å²) in [6.45, 7) is 0. The molecule has 132 valence electrons. The number of hydrogen-bond donors (Lipinski definition) is 3. The van der Waals surface area contributed by atoms with Crippen molar-refractivity contribution in [2.75, 3.05) is 14.2 Å². The fourth-order valence-corrected chi connectivity index (χ4v) is 3.19. The summed E-state index contributed by atoms with van der Waals surface area (Å²) in [5.41, 5.74) is 3.50. The second-order valence-corrected chi connectivity index (χ2v) is 5.93. The minimum absolute atomic E-state index is 0.0426. The highest BCUT2D eigenvalue weighted by Gasteiger charge is 2.35. The Kier molecular flexibility index (Phi) is 3.76. The topological polar surface area (TPSA) is 96.5 Å². The highest BCUT2D eigenvalue weighted by atomic mass is 16.5. The number of aromatic nitrogens is 2. The molecule has 2 heterocycles. The Morgan fingerprint density at radius 2 is 1.96 bits per heavy atom. The molecule has 0 unspecified atom stereocenters. The first-order valence-electron chi connectivity index (χ1n) is 8.03. The molecule has 2 aromatic carbocycles. The first-order chi connectivity index (χ1) is 12.6. The number of aromatic hydroxyl groups is 1. The molecule has 1 aliphatic rings. The molecule has 1 aliphatic heterocycles. The van der Waals surface area contributed by atoms with Crippen LogP contribution >= 0.6 is 0 Å². The number of ether oxygens (including phenoxy) is 2. The molecule has 0 radical (unpaired) electrons. The van der Waals surface area contributed by atoms with Crippen LogP contribution in [0.15, 0.2) is 42.5 Å². The van der Waals surface area contributed by atoms with Crippen LogP contribution in [0.3, 0.4) is 0 Å². The molecule has 0 spiro atoms. The van der Waals surface area contributed by atoms with Crippen molar-refractivity contribution in [1.82, 2.24) is 15.5 Å². The van der Waals surface area contributed by atoms with Gasteiger partial charge >= 0.3 is 0 Å². The fourth-order valence-electron chi connectivity index (χ4n) is 3.19. The molecule has 1 aromatic heterocycles. The normalized spacial score (nSPS) is 15.5. The number of methoxy groups -OCH3 is 2. The van der Waals surface area contributed by atoms with Crippen molar-refractivity contribution in [3.8, 4) is 28.5 Å². The van der Waals surface area contributed by atoms with Gasteiger partial charge in [-0.15, -0.1) is 0 Å². The first-order valence-corrected chi connectivity index (χ1v) is 8.03. The molecule has 0 aliphatic carbocycles. The van der Waals surface area contributed by atoms with Gasteiger partial charge in [0, 0.05) is 11.1 Å². The van der Waals surface area contributed by atoms with Crippen molar-refractivity contribution in [2.45, 2.75) is 6.04 Å². The molecule has 0 fully saturated rings. The number of rotatable bonds is 4. The minimum Gasteiger partial charge on any atom is -0.504 e. The highest BCUT2D eigenvalue weighted by Crippen LogP contribution is 2.39. The van der Waals surface area contributed by atoms with E-state index in [0.29, 0.717) is 22.9 Å². The molecule has 0 bridgehead atoms. The number of H-pyrrole nitrogens is 1. The average molecular weight is 351 g/mol. The van der Waals surface area contributed by atoms with E-state index in [2.05, 4.69) is 15.5 Å². The monoisotopic (exact) mass is 351 g/mol. The van der Waals surface area contributed by atoms with Crippen LogP contribution in [-0.4, -0.2) is 35.4 Å². The quantitative estimate of drug-likeness (QED) is 0.671. The number of carbonyl (C=O) groups is 1. The van der Waals surface area contributed by atoms with Crippen LogP contribution in [0, 0.1) is 0 Å². The van der Waals surface area contributed by atoms with Gasteiger partial charge in [0.1, 0.15) is 11.4 Å². The molecule has 7 heteroatoms. The number of carbonyl (C=O) groups excluding carboxylic acids is 1. The fraction of sp³-hybridized carbons (Fsp3) is 0.158. The standard InChI is InChI=1S/C19H17N3O4/c1-25-12-5-3-4-10(8-12)17-15-16(20-19(24)18(15)22-21-17)11-6-7-13(23)14(9-11)26-2/h3-9,16,23H,1-2H3,(H,20,24)(H,21,22)/t16-/m0/s1. The lowest BCUT2D eigenvalue weighted by molar-refractivity contribution is 0.0955. The van der Waals surface area contributed by atoms with E-state index in [4.69, 9.17) is 9.47 Å². The zero-order chi connectivity index (χ0) is 18.3. The van der Waals surface area contributed by atoms with Gasteiger partial charge in [-0.2, -0.15) is 5.10 Å². The molecule has 0 saturated carbocycles. The molecule has 7 nitrogen and oxygen atoms in total. The van der Waals surface area contributed by atoms with Crippen molar-refractivity contribution >= 4 is 5.91 Å². The molecule has 0 saturated heterocycles. The molecule has 3 aromatic rings. The van der Waals surface area contributed by atoms with Crippen LogP contribution < -0.4 is 14.8 Å². The predicted molar refractivity (Wildman–Crippen MR) is 94.5 cm³/mol. The van der Waals surface area contributed by atoms with Gasteiger partial charge in [-0.25, -0.2) is 0 Å². The predicted octanol–water partition coefficient (Wildman–Crippen LogP) is 2.63. The Morgan fingerprint density at radius 3 is 2.73 bits per heavy atom. The number of nitrogens with one attached hydrogen (secondary N) is 2. The number of fused-ring (bicyclic) bond motifs is 1. The number of phenolic OH excluding ortho intramolecular Hbond substituents is 1. The average Bonchev–Trinajstić information content (AvgIpc) is 3.24. The van der Waals surface area contributed by atoms with E-state index >= 15 is 0 Å². The Balaban J connectivity index is 1.84. The van der Waals surface area contributed by atoms with Gasteiger partial charge in [0.05, 0.1) is 26.0 Å². The molecule has 1 amide bonds. The van der Waals surface area contributed by atoms with E-state index < -0.39 is 6.04 Å². The Morgan fingerprint density at radius 1 is 1.12 bits per heavy atom. The summed E-state index contributed by atoms with van der Waals surface area (Å²) in [6.07, 6.45) is 0. The molecule has 1 atom stereocenters. The molecule has 4 rings (SSSR count). The number of nitrogens with zero attached hydrogens (tertiary/aromatic N) is 1. The lowest BCUT2D eigenvalue weighted by atomic mass is 9.96. The number of amides is 1. The van der Waals surface area contributed by atoms with Crippen molar-refractivity contribution in [2.24, 2.45) is 0 Å². The number of hydrogen-bond acceptors (Lipinski definition) is 5. The molecular formula is C19H17N3O4. The zero-order valence-electron chi connectivity index (χ0n) is 14.2. The van der Waals surface area contributed by atoms with E-state index in [1.807, 2.05) is 24.3 Å². The third-order valence-corrected chi connectivity index (χ3v) is 4.48. The Labute approximate surface area is 149 Å². The largest absolute Gasteiger partial charge is 0.504 e. The van der Waals surface area contributed by atoms with Crippen molar-refractivity contribution < 1.29 is 19.4 Å². The maximum absolute atomic E-state index is 12.4. The molecule has 3 N–H and O–H groups in total. The van der Waals surface area contributed by atoms with Crippen LogP contribution in [0.2, 0.25) is 0 Å². The smallest absolute Gasteiger partial charge is 0.270 e. The Hall–Kier alpha value is -3.48. The summed E-state index contributed by atoms with van der Waals surface area (Å²) in [5.74, 6) is 0.871. The summed E-state index contributed by atoms with van der Waals surface area (Å²) in [4.78, 5) is 12.4. The lowest BCUT2D eigenvalue weighted by Crippen LogP contribution is -2.21. The summed E-state index contributed by atoms with van der Waals surface area (Å²) < 4.78 is 10.5. The summed E-state index contributed by atoms with van der Waals surface area (Å²) in [6, 6.07) is 12.1. The van der Waals surface area contributed by atoms with E-state index in [9.17, 15) is 9.90 Å². The maximum atomic E-state index is 12.4. The molecule has 26 heavy (non-hydrogen) atoms. The number of benzene rings is 2. The van der Waals surface area contributed by atoms with Crippen LogP contribution in [-0.2, 0) is 0 Å². The summed E-state index contributed by atoms with van der Waals surface area (Å²) in [7, 11) is 3.09. The van der Waals surface area contributed by atoms with Gasteiger partial charge in [-0.1, -0.05) is 18.2 Å². The molecular weight excluding hydrogens is 334 g/mol. The third kappa shape index (κ3) is 2.45. The second-order valence-electron chi connectivity index (χ2n) is 5.93. The van der Waals surface area contributed by atoms with Crippen molar-refractivity contribution in [3.05, 3.63) is 59.3 Å². The summed E-state index contributed by atoms with van der Waals surface area (Å²) >= 11 is 0. The Bertz CT molecular complexity index is 996. The zero-order valence-corrected chi connectivity index (χ0v) is 14.2.